The van der Waals surface area contributed by atoms with Crippen LogP contribution in [0.5, 0.6) is 0 Å². The summed E-state index contributed by atoms with van der Waals surface area (Å²) < 4.78 is 0. The molecule has 0 saturated carbocycles. The minimum absolute atomic E-state index is 0.851. The van der Waals surface area contributed by atoms with E-state index in [0.717, 1.165) is 17.8 Å². The molecule has 0 N–H and O–H groups in total. The molecular weight excluding hydrogens is 314 g/mol. The molecule has 0 aliphatic carbocycles. The lowest BCUT2D eigenvalue weighted by atomic mass is 9.88. The lowest BCUT2D eigenvalue weighted by Gasteiger charge is -2.24. The summed E-state index contributed by atoms with van der Waals surface area (Å²) in [7, 11) is 0. The molecule has 156 valence electrons. The molecule has 0 fully saturated rings. The van der Waals surface area contributed by atoms with Crippen molar-refractivity contribution in [2.24, 2.45) is 17.8 Å². The third kappa shape index (κ3) is 13.8. The Hall–Kier alpha value is -0.300. The lowest BCUT2D eigenvalue weighted by Crippen LogP contribution is -2.27. The first-order valence-corrected chi connectivity index (χ1v) is 11.9. The van der Waals surface area contributed by atoms with E-state index in [0.29, 0.717) is 0 Å². The number of nitrogens with zero attached hydrogens (tertiary/aromatic N) is 1. The van der Waals surface area contributed by atoms with Gasteiger partial charge in [-0.25, -0.2) is 0 Å². The van der Waals surface area contributed by atoms with Gasteiger partial charge in [0.2, 0.25) is 0 Å². The Labute approximate surface area is 167 Å². The maximum Gasteiger partial charge on any atom is -0.00162 e. The molecule has 0 aliphatic heterocycles. The smallest absolute Gasteiger partial charge is 0.00162 e. The first-order valence-electron chi connectivity index (χ1n) is 11.9. The number of hydrogen-bond acceptors (Lipinski definition) is 1. The van der Waals surface area contributed by atoms with Gasteiger partial charge >= 0.3 is 0 Å². The van der Waals surface area contributed by atoms with Gasteiger partial charge in [0.1, 0.15) is 0 Å². The Morgan fingerprint density at radius 3 is 2.04 bits per heavy atom. The second-order valence-corrected chi connectivity index (χ2v) is 8.69. The van der Waals surface area contributed by atoms with E-state index < -0.39 is 0 Å². The van der Waals surface area contributed by atoms with Crippen molar-refractivity contribution in [3.8, 4) is 0 Å². The van der Waals surface area contributed by atoms with E-state index in [1.807, 2.05) is 0 Å². The van der Waals surface area contributed by atoms with Gasteiger partial charge in [0.05, 0.1) is 0 Å². The third-order valence-corrected chi connectivity index (χ3v) is 6.42. The van der Waals surface area contributed by atoms with E-state index in [9.17, 15) is 0 Å². The van der Waals surface area contributed by atoms with Crippen LogP contribution >= 0.6 is 0 Å². The van der Waals surface area contributed by atoms with E-state index in [-0.39, 0.29) is 0 Å². The number of allylic oxidation sites excluding steroid dienone is 1. The Morgan fingerprint density at radius 2 is 1.46 bits per heavy atom. The van der Waals surface area contributed by atoms with Crippen LogP contribution < -0.4 is 0 Å². The van der Waals surface area contributed by atoms with Crippen molar-refractivity contribution in [3.05, 3.63) is 12.7 Å². The predicted molar refractivity (Wildman–Crippen MR) is 121 cm³/mol. The van der Waals surface area contributed by atoms with Gasteiger partial charge in [-0.1, -0.05) is 92.1 Å². The largest absolute Gasteiger partial charge is 0.304 e. The van der Waals surface area contributed by atoms with Crippen LogP contribution in [0.2, 0.25) is 0 Å². The molecular formula is C25H51N. The Morgan fingerprint density at radius 1 is 0.769 bits per heavy atom. The van der Waals surface area contributed by atoms with Gasteiger partial charge < -0.3 is 4.90 Å². The zero-order valence-electron chi connectivity index (χ0n) is 19.1. The summed E-state index contributed by atoms with van der Waals surface area (Å²) in [6.07, 6.45) is 18.6. The summed E-state index contributed by atoms with van der Waals surface area (Å²) in [5.41, 5.74) is 0. The lowest BCUT2D eigenvalue weighted by molar-refractivity contribution is 0.243. The van der Waals surface area contributed by atoms with Crippen LogP contribution in [0.15, 0.2) is 12.7 Å². The van der Waals surface area contributed by atoms with Crippen LogP contribution in [0.25, 0.3) is 0 Å². The quantitative estimate of drug-likeness (QED) is 0.165. The van der Waals surface area contributed by atoms with Crippen LogP contribution in [0.4, 0.5) is 0 Å². The van der Waals surface area contributed by atoms with Crippen molar-refractivity contribution >= 4 is 0 Å². The monoisotopic (exact) mass is 365 g/mol. The van der Waals surface area contributed by atoms with Gasteiger partial charge in [0.25, 0.3) is 0 Å². The average molecular weight is 366 g/mol. The summed E-state index contributed by atoms with van der Waals surface area (Å²) in [5, 5.41) is 0. The Bertz CT molecular complexity index is 297. The van der Waals surface area contributed by atoms with E-state index >= 15 is 0 Å². The fraction of sp³-hybridized carbons (Fsp3) is 0.920. The molecule has 0 rings (SSSR count). The van der Waals surface area contributed by atoms with Gasteiger partial charge in [0.15, 0.2) is 0 Å². The van der Waals surface area contributed by atoms with Crippen molar-refractivity contribution in [3.63, 3.8) is 0 Å². The standard InChI is InChI=1S/C25H51N/c1-7-11-12-13-14-15-18-24(8-2)20-22-26(10-4)21-17-16-19-25(9-3)23(5)6/h7,23-25H,1,8-22H2,2-6H3. The fourth-order valence-corrected chi connectivity index (χ4v) is 4.17. The molecule has 2 atom stereocenters. The van der Waals surface area contributed by atoms with Crippen molar-refractivity contribution in [2.75, 3.05) is 19.6 Å². The van der Waals surface area contributed by atoms with Crippen molar-refractivity contribution in [1.29, 1.82) is 0 Å². The molecule has 0 amide bonds. The minimum Gasteiger partial charge on any atom is -0.304 e. The summed E-state index contributed by atoms with van der Waals surface area (Å²) in [5.74, 6) is 2.72. The summed E-state index contributed by atoms with van der Waals surface area (Å²) in [4.78, 5) is 2.70. The molecule has 1 nitrogen and oxygen atoms in total. The molecule has 0 saturated heterocycles. The molecule has 2 unspecified atom stereocenters. The van der Waals surface area contributed by atoms with Crippen LogP contribution in [0, 0.1) is 17.8 Å². The van der Waals surface area contributed by atoms with E-state index in [1.54, 1.807) is 0 Å². The second-order valence-electron chi connectivity index (χ2n) is 8.69. The van der Waals surface area contributed by atoms with Crippen LogP contribution in [-0.4, -0.2) is 24.5 Å². The first kappa shape index (κ1) is 25.7. The van der Waals surface area contributed by atoms with Crippen LogP contribution in [0.1, 0.15) is 112 Å². The van der Waals surface area contributed by atoms with Gasteiger partial charge in [-0.3, -0.25) is 0 Å². The number of unbranched alkanes of at least 4 members (excludes halogenated alkanes) is 5. The Balaban J connectivity index is 3.86. The van der Waals surface area contributed by atoms with Crippen LogP contribution in [0.3, 0.4) is 0 Å². The van der Waals surface area contributed by atoms with Crippen molar-refractivity contribution in [1.82, 2.24) is 4.90 Å². The predicted octanol–water partition coefficient (Wildman–Crippen LogP) is 8.10. The highest BCUT2D eigenvalue weighted by Gasteiger charge is 2.12. The molecule has 0 aromatic heterocycles. The minimum atomic E-state index is 0.851. The number of rotatable bonds is 19. The van der Waals surface area contributed by atoms with Gasteiger partial charge in [0, 0.05) is 0 Å². The first-order chi connectivity index (χ1) is 12.6. The maximum atomic E-state index is 3.81. The highest BCUT2D eigenvalue weighted by molar-refractivity contribution is 4.67. The number of hydrogen-bond donors (Lipinski definition) is 0. The van der Waals surface area contributed by atoms with E-state index in [2.05, 4.69) is 52.2 Å². The highest BCUT2D eigenvalue weighted by Crippen LogP contribution is 2.22. The van der Waals surface area contributed by atoms with Crippen molar-refractivity contribution < 1.29 is 0 Å². The zero-order chi connectivity index (χ0) is 19.6. The fourth-order valence-electron chi connectivity index (χ4n) is 4.17. The summed E-state index contributed by atoms with van der Waals surface area (Å²) >= 11 is 0. The SMILES string of the molecule is C=CCCCCCCC(CC)CCN(CC)CCCCC(CC)C(C)C. The molecule has 1 heteroatoms. The molecule has 0 radical (unpaired) electrons. The zero-order valence-corrected chi connectivity index (χ0v) is 19.1. The normalized spacial score (nSPS) is 14.1. The molecule has 0 heterocycles. The maximum absolute atomic E-state index is 3.81. The topological polar surface area (TPSA) is 3.24 Å². The van der Waals surface area contributed by atoms with Gasteiger partial charge in [-0.2, -0.15) is 0 Å². The highest BCUT2D eigenvalue weighted by atomic mass is 15.1. The third-order valence-electron chi connectivity index (χ3n) is 6.42. The molecule has 0 bridgehead atoms. The molecule has 0 spiro atoms. The molecule has 0 aromatic rings. The summed E-state index contributed by atoms with van der Waals surface area (Å²) in [6.45, 7) is 19.5. The van der Waals surface area contributed by atoms with Gasteiger partial charge in [-0.15, -0.1) is 6.58 Å². The van der Waals surface area contributed by atoms with Gasteiger partial charge in [-0.05, 0) is 63.1 Å². The molecule has 0 aliphatic rings. The van der Waals surface area contributed by atoms with Crippen molar-refractivity contribution in [2.45, 2.75) is 112 Å². The van der Waals surface area contributed by atoms with Crippen LogP contribution in [-0.2, 0) is 0 Å². The second kappa shape index (κ2) is 18.1. The molecule has 26 heavy (non-hydrogen) atoms. The summed E-state index contributed by atoms with van der Waals surface area (Å²) in [6, 6.07) is 0. The molecule has 0 aromatic carbocycles. The Kier molecular flexibility index (Phi) is 17.9. The van der Waals surface area contributed by atoms with E-state index in [4.69, 9.17) is 0 Å². The van der Waals surface area contributed by atoms with E-state index in [1.165, 1.54) is 96.7 Å². The average Bonchev–Trinajstić information content (AvgIpc) is 2.64.